The Kier molecular flexibility index (Phi) is 6.41. The quantitative estimate of drug-likeness (QED) is 0.652. The van der Waals surface area contributed by atoms with E-state index in [1.54, 1.807) is 12.1 Å². The third-order valence-electron chi connectivity index (χ3n) is 4.24. The number of aliphatic hydroxyl groups is 2. The van der Waals surface area contributed by atoms with Gasteiger partial charge < -0.3 is 20.4 Å². The van der Waals surface area contributed by atoms with Gasteiger partial charge in [0.25, 0.3) is 0 Å². The van der Waals surface area contributed by atoms with Crippen LogP contribution in [0, 0.1) is 0 Å². The molecule has 23 heavy (non-hydrogen) atoms. The number of carbonyl (C=O) groups excluding carboxylic acids is 1. The Labute approximate surface area is 142 Å². The summed E-state index contributed by atoms with van der Waals surface area (Å²) in [5.74, 6) is -0.101. The lowest BCUT2D eigenvalue weighted by Gasteiger charge is -2.26. The minimum Gasteiger partial charge on any atom is -0.388 e. The molecule has 0 unspecified atom stereocenters. The molecular weight excluding hydrogens is 316 g/mol. The maximum Gasteiger partial charge on any atom is 0.227 e. The Bertz CT molecular complexity index is 523. The summed E-state index contributed by atoms with van der Waals surface area (Å²) in [5.41, 5.74) is -0.408. The molecule has 0 saturated carbocycles. The molecule has 1 amide bonds. The van der Waals surface area contributed by atoms with Crippen molar-refractivity contribution >= 4 is 17.5 Å². The van der Waals surface area contributed by atoms with Gasteiger partial charge in [-0.2, -0.15) is 0 Å². The lowest BCUT2D eigenvalue weighted by atomic mass is 10.0. The van der Waals surface area contributed by atoms with E-state index in [1.165, 1.54) is 4.90 Å². The summed E-state index contributed by atoms with van der Waals surface area (Å²) in [6.45, 7) is 3.50. The SMILES string of the molecule is CCCCNC[C@]1(O)CN(C(=O)Cc2ccc(Cl)cc2)C[C@H]1O. The van der Waals surface area contributed by atoms with E-state index in [0.717, 1.165) is 24.9 Å². The average Bonchev–Trinajstić information content (AvgIpc) is 2.82. The van der Waals surface area contributed by atoms with Gasteiger partial charge >= 0.3 is 0 Å². The number of rotatable bonds is 7. The lowest BCUT2D eigenvalue weighted by molar-refractivity contribution is -0.130. The van der Waals surface area contributed by atoms with Crippen LogP contribution in [0.5, 0.6) is 0 Å². The Balaban J connectivity index is 1.88. The van der Waals surface area contributed by atoms with E-state index in [9.17, 15) is 15.0 Å². The van der Waals surface area contributed by atoms with Crippen LogP contribution in [0.25, 0.3) is 0 Å². The number of nitrogens with one attached hydrogen (secondary N) is 1. The van der Waals surface area contributed by atoms with Crippen molar-refractivity contribution in [1.29, 1.82) is 0 Å². The van der Waals surface area contributed by atoms with Crippen molar-refractivity contribution in [1.82, 2.24) is 10.2 Å². The number of nitrogens with zero attached hydrogens (tertiary/aromatic N) is 1. The highest BCUT2D eigenvalue weighted by Gasteiger charge is 2.45. The van der Waals surface area contributed by atoms with E-state index < -0.39 is 11.7 Å². The molecule has 128 valence electrons. The second-order valence-corrected chi connectivity index (χ2v) is 6.66. The third-order valence-corrected chi connectivity index (χ3v) is 4.49. The van der Waals surface area contributed by atoms with Crippen LogP contribution >= 0.6 is 11.6 Å². The van der Waals surface area contributed by atoms with Gasteiger partial charge in [-0.3, -0.25) is 4.79 Å². The smallest absolute Gasteiger partial charge is 0.227 e. The van der Waals surface area contributed by atoms with Gasteiger partial charge in [0.1, 0.15) is 11.7 Å². The molecular formula is C17H25ClN2O3. The summed E-state index contributed by atoms with van der Waals surface area (Å²) in [5, 5.41) is 24.5. The Morgan fingerprint density at radius 2 is 2.13 bits per heavy atom. The van der Waals surface area contributed by atoms with E-state index in [4.69, 9.17) is 11.6 Å². The number of unbranched alkanes of at least 4 members (excludes halogenated alkanes) is 1. The highest BCUT2D eigenvalue weighted by atomic mass is 35.5. The van der Waals surface area contributed by atoms with Crippen molar-refractivity contribution in [2.45, 2.75) is 37.9 Å². The number of halogens is 1. The van der Waals surface area contributed by atoms with Crippen molar-refractivity contribution < 1.29 is 15.0 Å². The molecule has 3 N–H and O–H groups in total. The average molecular weight is 341 g/mol. The molecule has 2 atom stereocenters. The van der Waals surface area contributed by atoms with Crippen molar-refractivity contribution in [3.05, 3.63) is 34.9 Å². The molecule has 2 rings (SSSR count). The number of β-amino-alcohol motifs (C(OH)–C–C–N with tert-alkyl or cyclic N) is 2. The molecule has 1 fully saturated rings. The molecule has 5 nitrogen and oxygen atoms in total. The number of carbonyl (C=O) groups is 1. The predicted octanol–water partition coefficient (Wildman–Crippen LogP) is 1.21. The fourth-order valence-corrected chi connectivity index (χ4v) is 2.86. The first-order valence-corrected chi connectivity index (χ1v) is 8.46. The van der Waals surface area contributed by atoms with Gasteiger partial charge in [0.05, 0.1) is 13.0 Å². The van der Waals surface area contributed by atoms with E-state index in [0.29, 0.717) is 11.6 Å². The van der Waals surface area contributed by atoms with Crippen LogP contribution in [0.2, 0.25) is 5.02 Å². The van der Waals surface area contributed by atoms with Crippen molar-refractivity contribution in [2.75, 3.05) is 26.2 Å². The largest absolute Gasteiger partial charge is 0.388 e. The molecule has 6 heteroatoms. The summed E-state index contributed by atoms with van der Waals surface area (Å²) in [6, 6.07) is 7.12. The molecule has 1 aromatic carbocycles. The van der Waals surface area contributed by atoms with Gasteiger partial charge in [-0.15, -0.1) is 0 Å². The van der Waals surface area contributed by atoms with E-state index in [-0.39, 0.29) is 25.4 Å². The standard InChI is InChI=1S/C17H25ClN2O3/c1-2-3-8-19-11-17(23)12-20(10-15(17)21)16(22)9-13-4-6-14(18)7-5-13/h4-7,15,19,21,23H,2-3,8-12H2,1H3/t15-,17+/m1/s1. The van der Waals surface area contributed by atoms with Crippen LogP contribution in [-0.2, 0) is 11.2 Å². The molecule has 0 aromatic heterocycles. The molecule has 1 aromatic rings. The Hall–Kier alpha value is -1.14. The maximum atomic E-state index is 12.4. The monoisotopic (exact) mass is 340 g/mol. The van der Waals surface area contributed by atoms with Crippen LogP contribution in [-0.4, -0.2) is 58.9 Å². The van der Waals surface area contributed by atoms with Gasteiger partial charge in [0.15, 0.2) is 0 Å². The minimum absolute atomic E-state index is 0.101. The Morgan fingerprint density at radius 1 is 1.43 bits per heavy atom. The van der Waals surface area contributed by atoms with Crippen molar-refractivity contribution in [2.24, 2.45) is 0 Å². The fourth-order valence-electron chi connectivity index (χ4n) is 2.74. The molecule has 0 bridgehead atoms. The number of likely N-dealkylation sites (tertiary alicyclic amines) is 1. The van der Waals surface area contributed by atoms with Crippen molar-refractivity contribution in [3.8, 4) is 0 Å². The molecule has 1 aliphatic heterocycles. The number of aliphatic hydroxyl groups excluding tert-OH is 1. The van der Waals surface area contributed by atoms with E-state index in [1.807, 2.05) is 12.1 Å². The van der Waals surface area contributed by atoms with Crippen LogP contribution in [0.15, 0.2) is 24.3 Å². The van der Waals surface area contributed by atoms with Crippen LogP contribution < -0.4 is 5.32 Å². The first kappa shape index (κ1) is 18.2. The first-order chi connectivity index (χ1) is 10.9. The summed E-state index contributed by atoms with van der Waals surface area (Å²) in [6.07, 6.45) is 1.40. The zero-order chi connectivity index (χ0) is 16.9. The molecule has 0 aliphatic carbocycles. The fraction of sp³-hybridized carbons (Fsp3) is 0.588. The number of amides is 1. The summed E-state index contributed by atoms with van der Waals surface area (Å²) in [4.78, 5) is 13.9. The summed E-state index contributed by atoms with van der Waals surface area (Å²) in [7, 11) is 0. The van der Waals surface area contributed by atoms with Gasteiger partial charge in [0, 0.05) is 18.1 Å². The van der Waals surface area contributed by atoms with Gasteiger partial charge in [-0.25, -0.2) is 0 Å². The topological polar surface area (TPSA) is 72.8 Å². The van der Waals surface area contributed by atoms with Gasteiger partial charge in [-0.05, 0) is 30.7 Å². The maximum absolute atomic E-state index is 12.4. The highest BCUT2D eigenvalue weighted by Crippen LogP contribution is 2.22. The van der Waals surface area contributed by atoms with Gasteiger partial charge in [-0.1, -0.05) is 37.1 Å². The lowest BCUT2D eigenvalue weighted by Crippen LogP contribution is -2.50. The zero-order valence-corrected chi connectivity index (χ0v) is 14.2. The normalized spacial score (nSPS) is 24.2. The molecule has 1 saturated heterocycles. The summed E-state index contributed by atoms with van der Waals surface area (Å²) >= 11 is 5.83. The predicted molar refractivity (Wildman–Crippen MR) is 90.5 cm³/mol. The second kappa shape index (κ2) is 8.11. The Morgan fingerprint density at radius 3 is 2.78 bits per heavy atom. The number of benzene rings is 1. The van der Waals surface area contributed by atoms with Crippen LogP contribution in [0.4, 0.5) is 0 Å². The molecule has 1 heterocycles. The van der Waals surface area contributed by atoms with Crippen molar-refractivity contribution in [3.63, 3.8) is 0 Å². The van der Waals surface area contributed by atoms with Gasteiger partial charge in [0.2, 0.25) is 5.91 Å². The molecule has 0 spiro atoms. The van der Waals surface area contributed by atoms with E-state index in [2.05, 4.69) is 12.2 Å². The number of hydrogen-bond donors (Lipinski definition) is 3. The van der Waals surface area contributed by atoms with E-state index >= 15 is 0 Å². The second-order valence-electron chi connectivity index (χ2n) is 6.23. The van der Waals surface area contributed by atoms with Crippen LogP contribution in [0.3, 0.4) is 0 Å². The zero-order valence-electron chi connectivity index (χ0n) is 13.5. The number of hydrogen-bond acceptors (Lipinski definition) is 4. The molecule has 1 aliphatic rings. The summed E-state index contributed by atoms with van der Waals surface area (Å²) < 4.78 is 0. The third kappa shape index (κ3) is 4.91. The van der Waals surface area contributed by atoms with Crippen LogP contribution in [0.1, 0.15) is 25.3 Å². The highest BCUT2D eigenvalue weighted by molar-refractivity contribution is 6.30. The molecule has 0 radical (unpaired) electrons. The minimum atomic E-state index is -1.27. The first-order valence-electron chi connectivity index (χ1n) is 8.08.